The van der Waals surface area contributed by atoms with Crippen molar-refractivity contribution in [3.8, 4) is 0 Å². The molecule has 1 aliphatic rings. The maximum absolute atomic E-state index is 12.0. The number of nitrogens with one attached hydrogen (secondary N) is 1. The molecule has 1 atom stereocenters. The highest BCUT2D eigenvalue weighted by Crippen LogP contribution is 2.23. The van der Waals surface area contributed by atoms with Gasteiger partial charge in [-0.25, -0.2) is 8.42 Å². The lowest BCUT2D eigenvalue weighted by Gasteiger charge is -2.26. The van der Waals surface area contributed by atoms with Crippen LogP contribution < -0.4 is 5.32 Å². The van der Waals surface area contributed by atoms with E-state index in [-0.39, 0.29) is 29.4 Å². The average Bonchev–Trinajstić information content (AvgIpc) is 2.76. The predicted octanol–water partition coefficient (Wildman–Crippen LogP) is 2.34. The molecule has 1 heterocycles. The van der Waals surface area contributed by atoms with E-state index >= 15 is 0 Å². The molecule has 1 aromatic rings. The van der Waals surface area contributed by atoms with Crippen molar-refractivity contribution in [3.63, 3.8) is 0 Å². The fourth-order valence-corrected chi connectivity index (χ4v) is 3.90. The van der Waals surface area contributed by atoms with Gasteiger partial charge in [0, 0.05) is 29.7 Å². The average molecular weight is 321 g/mol. The molecule has 1 amide bonds. The minimum Gasteiger partial charge on any atom is -0.355 e. The third kappa shape index (κ3) is 4.44. The van der Waals surface area contributed by atoms with E-state index in [0.29, 0.717) is 6.54 Å². The van der Waals surface area contributed by atoms with E-state index in [1.54, 1.807) is 6.08 Å². The molecule has 1 aliphatic heterocycles. The van der Waals surface area contributed by atoms with Crippen LogP contribution in [0, 0.1) is 12.8 Å². The second kappa shape index (κ2) is 6.24. The molecular weight excluding hydrogens is 298 g/mol. The normalized spacial score (nSPS) is 20.0. The monoisotopic (exact) mass is 321 g/mol. The largest absolute Gasteiger partial charge is 0.355 e. The number of amides is 1. The van der Waals surface area contributed by atoms with Crippen LogP contribution in [0.1, 0.15) is 31.4 Å². The van der Waals surface area contributed by atoms with E-state index in [0.717, 1.165) is 0 Å². The lowest BCUT2D eigenvalue weighted by atomic mass is 9.84. The Morgan fingerprint density at radius 1 is 1.27 bits per heavy atom. The van der Waals surface area contributed by atoms with Crippen molar-refractivity contribution in [3.05, 3.63) is 46.9 Å². The third-order valence-electron chi connectivity index (χ3n) is 4.01. The minimum absolute atomic E-state index is 0.0434. The first kappa shape index (κ1) is 16.7. The van der Waals surface area contributed by atoms with Crippen LogP contribution in [0.15, 0.2) is 35.7 Å². The van der Waals surface area contributed by atoms with Crippen LogP contribution in [0.4, 0.5) is 0 Å². The summed E-state index contributed by atoms with van der Waals surface area (Å²) in [6, 6.07) is 8.28. The molecule has 4 nitrogen and oxygen atoms in total. The summed E-state index contributed by atoms with van der Waals surface area (Å²) >= 11 is 0. The Kier molecular flexibility index (Phi) is 4.75. The van der Waals surface area contributed by atoms with Crippen LogP contribution in [-0.2, 0) is 20.0 Å². The SMILES string of the molecule is Cc1ccc(C(C)(C)CNC(=O)C[C@H]2C=CS(=O)(=O)C2)cc1. The molecule has 0 saturated carbocycles. The van der Waals surface area contributed by atoms with Gasteiger partial charge in [-0.05, 0) is 12.5 Å². The highest BCUT2D eigenvalue weighted by molar-refractivity contribution is 7.94. The Morgan fingerprint density at radius 2 is 1.91 bits per heavy atom. The van der Waals surface area contributed by atoms with Gasteiger partial charge in [0.25, 0.3) is 0 Å². The maximum Gasteiger partial charge on any atom is 0.220 e. The first-order valence-corrected chi connectivity index (χ1v) is 9.14. The van der Waals surface area contributed by atoms with Crippen LogP contribution in [0.25, 0.3) is 0 Å². The second-order valence-corrected chi connectivity index (χ2v) is 8.58. The van der Waals surface area contributed by atoms with Gasteiger partial charge in [0.1, 0.15) is 0 Å². The van der Waals surface area contributed by atoms with E-state index < -0.39 is 9.84 Å². The number of hydrogen-bond acceptors (Lipinski definition) is 3. The predicted molar refractivity (Wildman–Crippen MR) is 88.2 cm³/mol. The summed E-state index contributed by atoms with van der Waals surface area (Å²) in [4.78, 5) is 12.0. The lowest BCUT2D eigenvalue weighted by Crippen LogP contribution is -2.37. The van der Waals surface area contributed by atoms with Gasteiger partial charge in [0.15, 0.2) is 9.84 Å². The summed E-state index contributed by atoms with van der Waals surface area (Å²) in [6.07, 6.45) is 1.83. The summed E-state index contributed by atoms with van der Waals surface area (Å²) in [5.74, 6) is -0.263. The van der Waals surface area contributed by atoms with Gasteiger partial charge in [0.2, 0.25) is 5.91 Å². The van der Waals surface area contributed by atoms with Gasteiger partial charge in [-0.15, -0.1) is 0 Å². The highest BCUT2D eigenvalue weighted by atomic mass is 32.2. The molecule has 0 aromatic heterocycles. The number of rotatable bonds is 5. The van der Waals surface area contributed by atoms with Crippen molar-refractivity contribution in [1.82, 2.24) is 5.32 Å². The Labute approximate surface area is 132 Å². The first-order valence-electron chi connectivity index (χ1n) is 7.43. The fourth-order valence-electron chi connectivity index (χ4n) is 2.50. The Hall–Kier alpha value is -1.62. The molecule has 1 N–H and O–H groups in total. The van der Waals surface area contributed by atoms with Crippen molar-refractivity contribution >= 4 is 15.7 Å². The molecule has 1 aromatic carbocycles. The van der Waals surface area contributed by atoms with Gasteiger partial charge in [0.05, 0.1) is 5.75 Å². The summed E-state index contributed by atoms with van der Waals surface area (Å²) < 4.78 is 22.7. The van der Waals surface area contributed by atoms with E-state index in [1.807, 2.05) is 6.92 Å². The maximum atomic E-state index is 12.0. The number of hydrogen-bond donors (Lipinski definition) is 1. The van der Waals surface area contributed by atoms with E-state index in [1.165, 1.54) is 16.5 Å². The first-order chi connectivity index (χ1) is 10.2. The van der Waals surface area contributed by atoms with Crippen LogP contribution >= 0.6 is 0 Å². The minimum atomic E-state index is -3.09. The number of benzene rings is 1. The number of allylic oxidation sites excluding steroid dienone is 1. The van der Waals surface area contributed by atoms with Crippen molar-refractivity contribution in [2.24, 2.45) is 5.92 Å². The summed E-state index contributed by atoms with van der Waals surface area (Å²) in [5.41, 5.74) is 2.21. The van der Waals surface area contributed by atoms with Crippen LogP contribution in [0.5, 0.6) is 0 Å². The van der Waals surface area contributed by atoms with Crippen LogP contribution in [0.3, 0.4) is 0 Å². The molecule has 120 valence electrons. The van der Waals surface area contributed by atoms with Crippen LogP contribution in [0.2, 0.25) is 0 Å². The molecule has 2 rings (SSSR count). The van der Waals surface area contributed by atoms with Crippen molar-refractivity contribution < 1.29 is 13.2 Å². The van der Waals surface area contributed by atoms with Gasteiger partial charge in [-0.1, -0.05) is 49.8 Å². The summed E-state index contributed by atoms with van der Waals surface area (Å²) in [7, 11) is -3.09. The zero-order valence-corrected chi connectivity index (χ0v) is 14.1. The number of sulfone groups is 1. The molecule has 0 unspecified atom stereocenters. The van der Waals surface area contributed by atoms with Gasteiger partial charge >= 0.3 is 0 Å². The van der Waals surface area contributed by atoms with Crippen LogP contribution in [-0.4, -0.2) is 26.6 Å². The van der Waals surface area contributed by atoms with Gasteiger partial charge < -0.3 is 5.32 Å². The van der Waals surface area contributed by atoms with Gasteiger partial charge in [-0.2, -0.15) is 0 Å². The van der Waals surface area contributed by atoms with E-state index in [2.05, 4.69) is 43.4 Å². The summed E-state index contributed by atoms with van der Waals surface area (Å²) in [6.45, 7) is 6.73. The molecule has 0 saturated heterocycles. The van der Waals surface area contributed by atoms with E-state index in [9.17, 15) is 13.2 Å². The smallest absolute Gasteiger partial charge is 0.220 e. The standard InChI is InChI=1S/C17H23NO3S/c1-13-4-6-15(7-5-13)17(2,3)12-18-16(19)10-14-8-9-22(20,21)11-14/h4-9,14H,10-12H2,1-3H3,(H,18,19)/t14-/m1/s1. The highest BCUT2D eigenvalue weighted by Gasteiger charge is 2.25. The Bertz CT molecular complexity index is 672. The quantitative estimate of drug-likeness (QED) is 0.905. The second-order valence-electron chi connectivity index (χ2n) is 6.65. The lowest BCUT2D eigenvalue weighted by molar-refractivity contribution is -0.121. The molecule has 22 heavy (non-hydrogen) atoms. The van der Waals surface area contributed by atoms with Gasteiger partial charge in [-0.3, -0.25) is 4.79 Å². The van der Waals surface area contributed by atoms with E-state index in [4.69, 9.17) is 0 Å². The molecule has 0 fully saturated rings. The third-order valence-corrected chi connectivity index (χ3v) is 5.48. The van der Waals surface area contributed by atoms with Crippen molar-refractivity contribution in [2.75, 3.05) is 12.3 Å². The molecule has 0 aliphatic carbocycles. The zero-order valence-electron chi connectivity index (χ0n) is 13.3. The zero-order chi connectivity index (χ0) is 16.4. The number of carbonyl (C=O) groups excluding carboxylic acids is 1. The fraction of sp³-hybridized carbons (Fsp3) is 0.471. The molecule has 5 heteroatoms. The number of aryl methyl sites for hydroxylation is 1. The molecule has 0 bridgehead atoms. The van der Waals surface area contributed by atoms with Crippen molar-refractivity contribution in [1.29, 1.82) is 0 Å². The molecule has 0 radical (unpaired) electrons. The Morgan fingerprint density at radius 3 is 2.45 bits per heavy atom. The van der Waals surface area contributed by atoms with Crippen molar-refractivity contribution in [2.45, 2.75) is 32.6 Å². The summed E-state index contributed by atoms with van der Waals surface area (Å²) in [5, 5.41) is 4.13. The number of carbonyl (C=O) groups is 1. The Balaban J connectivity index is 1.88. The molecule has 0 spiro atoms. The molecular formula is C17H23NO3S. The topological polar surface area (TPSA) is 63.2 Å².